The maximum absolute atomic E-state index is 10.7. The van der Waals surface area contributed by atoms with Gasteiger partial charge in [0.1, 0.15) is 0 Å². The van der Waals surface area contributed by atoms with Crippen LogP contribution in [-0.4, -0.2) is 14.8 Å². The Hall–Kier alpha value is -2.84. The van der Waals surface area contributed by atoms with Crippen LogP contribution in [0.4, 0.5) is 11.4 Å². The number of nitro groups is 2. The Labute approximate surface area is 144 Å². The molecule has 3 rings (SSSR count). The summed E-state index contributed by atoms with van der Waals surface area (Å²) >= 11 is 7.26. The first kappa shape index (κ1) is 16.0. The zero-order valence-corrected chi connectivity index (χ0v) is 13.5. The third-order valence-electron chi connectivity index (χ3n) is 3.29. The van der Waals surface area contributed by atoms with Crippen molar-refractivity contribution in [3.8, 4) is 21.7 Å². The van der Waals surface area contributed by atoms with Gasteiger partial charge in [-0.05, 0) is 29.8 Å². The van der Waals surface area contributed by atoms with Crippen LogP contribution >= 0.6 is 22.9 Å². The maximum atomic E-state index is 10.7. The molecule has 9 heteroatoms. The van der Waals surface area contributed by atoms with Gasteiger partial charge in [0.25, 0.3) is 11.4 Å². The zero-order chi connectivity index (χ0) is 17.3. The van der Waals surface area contributed by atoms with Crippen LogP contribution in [0.2, 0.25) is 4.47 Å². The molecule has 120 valence electrons. The second-order valence-electron chi connectivity index (χ2n) is 4.75. The van der Waals surface area contributed by atoms with Gasteiger partial charge in [-0.3, -0.25) is 20.2 Å². The Morgan fingerprint density at radius 3 is 1.75 bits per heavy atom. The highest BCUT2D eigenvalue weighted by Gasteiger charge is 2.16. The number of rotatable bonds is 4. The van der Waals surface area contributed by atoms with E-state index in [0.717, 1.165) is 10.4 Å². The van der Waals surface area contributed by atoms with E-state index in [2.05, 4.69) is 4.98 Å². The molecule has 0 radical (unpaired) electrons. The quantitative estimate of drug-likeness (QED) is 0.483. The Morgan fingerprint density at radius 2 is 1.29 bits per heavy atom. The van der Waals surface area contributed by atoms with Crippen molar-refractivity contribution in [3.05, 3.63) is 73.2 Å². The summed E-state index contributed by atoms with van der Waals surface area (Å²) in [6.45, 7) is 0. The van der Waals surface area contributed by atoms with Gasteiger partial charge in [0.05, 0.1) is 20.4 Å². The van der Waals surface area contributed by atoms with Gasteiger partial charge in [0.2, 0.25) is 0 Å². The van der Waals surface area contributed by atoms with Gasteiger partial charge in [0.15, 0.2) is 4.47 Å². The average Bonchev–Trinajstić information content (AvgIpc) is 2.97. The van der Waals surface area contributed by atoms with E-state index in [1.165, 1.54) is 35.6 Å². The molecule has 2 aromatic carbocycles. The highest BCUT2D eigenvalue weighted by molar-refractivity contribution is 7.19. The number of thiazole rings is 1. The number of nitrogens with zero attached hydrogens (tertiary/aromatic N) is 3. The fourth-order valence-electron chi connectivity index (χ4n) is 2.16. The lowest BCUT2D eigenvalue weighted by Gasteiger charge is -2.03. The standard InChI is InChI=1S/C15H8ClN3O4S/c16-15-17-13(9-1-5-11(6-2-9)18(20)21)14(24-15)10-3-7-12(8-4-10)19(22)23/h1-8H. The molecule has 0 saturated carbocycles. The van der Waals surface area contributed by atoms with Gasteiger partial charge in [-0.1, -0.05) is 11.6 Å². The summed E-state index contributed by atoms with van der Waals surface area (Å²) < 4.78 is 0.316. The third kappa shape index (κ3) is 3.10. The molecular formula is C15H8ClN3O4S. The number of hydrogen-bond acceptors (Lipinski definition) is 6. The average molecular weight is 362 g/mol. The summed E-state index contributed by atoms with van der Waals surface area (Å²) in [5.74, 6) is 0. The molecule has 0 fully saturated rings. The highest BCUT2D eigenvalue weighted by atomic mass is 35.5. The SMILES string of the molecule is O=[N+]([O-])c1ccc(-c2nc(Cl)sc2-c2ccc([N+](=O)[O-])cc2)cc1. The first-order valence-corrected chi connectivity index (χ1v) is 7.81. The molecule has 1 heterocycles. The van der Waals surface area contributed by atoms with E-state index >= 15 is 0 Å². The lowest BCUT2D eigenvalue weighted by Crippen LogP contribution is -1.89. The fourth-order valence-corrected chi connectivity index (χ4v) is 3.30. The molecule has 0 aliphatic heterocycles. The maximum Gasteiger partial charge on any atom is 0.269 e. The number of aromatic nitrogens is 1. The number of halogens is 1. The molecule has 0 saturated heterocycles. The predicted molar refractivity (Wildman–Crippen MR) is 91.3 cm³/mol. The van der Waals surface area contributed by atoms with Crippen molar-refractivity contribution in [2.75, 3.05) is 0 Å². The van der Waals surface area contributed by atoms with Crippen LogP contribution in [-0.2, 0) is 0 Å². The Kier molecular flexibility index (Phi) is 4.24. The normalized spacial score (nSPS) is 10.5. The van der Waals surface area contributed by atoms with E-state index in [0.29, 0.717) is 15.7 Å². The molecule has 7 nitrogen and oxygen atoms in total. The molecule has 0 spiro atoms. The number of hydrogen-bond donors (Lipinski definition) is 0. The van der Waals surface area contributed by atoms with Crippen molar-refractivity contribution in [1.82, 2.24) is 4.98 Å². The van der Waals surface area contributed by atoms with E-state index in [-0.39, 0.29) is 11.4 Å². The van der Waals surface area contributed by atoms with Crippen LogP contribution in [0.25, 0.3) is 21.7 Å². The monoisotopic (exact) mass is 361 g/mol. The third-order valence-corrected chi connectivity index (χ3v) is 4.50. The van der Waals surface area contributed by atoms with Gasteiger partial charge in [0, 0.05) is 29.8 Å². The summed E-state index contributed by atoms with van der Waals surface area (Å²) in [5.41, 5.74) is 1.97. The topological polar surface area (TPSA) is 99.2 Å². The molecule has 0 bridgehead atoms. The number of benzene rings is 2. The fraction of sp³-hybridized carbons (Fsp3) is 0. The van der Waals surface area contributed by atoms with Crippen molar-refractivity contribution in [2.45, 2.75) is 0 Å². The minimum absolute atomic E-state index is 0.00810. The van der Waals surface area contributed by atoms with Gasteiger partial charge in [-0.15, -0.1) is 11.3 Å². The molecule has 0 N–H and O–H groups in total. The number of nitro benzene ring substituents is 2. The molecule has 0 aliphatic carbocycles. The van der Waals surface area contributed by atoms with Gasteiger partial charge in [-0.25, -0.2) is 4.98 Å². The zero-order valence-electron chi connectivity index (χ0n) is 11.9. The predicted octanol–water partition coefficient (Wildman–Crippen LogP) is 4.95. The van der Waals surface area contributed by atoms with Crippen molar-refractivity contribution < 1.29 is 9.85 Å². The molecule has 0 aliphatic rings. The van der Waals surface area contributed by atoms with Gasteiger partial charge in [-0.2, -0.15) is 0 Å². The van der Waals surface area contributed by atoms with E-state index < -0.39 is 9.85 Å². The summed E-state index contributed by atoms with van der Waals surface area (Å²) in [5, 5.41) is 21.5. The van der Waals surface area contributed by atoms with Crippen LogP contribution in [0.15, 0.2) is 48.5 Å². The molecule has 3 aromatic rings. The Bertz CT molecular complexity index is 848. The molecular weight excluding hydrogens is 354 g/mol. The molecule has 0 atom stereocenters. The largest absolute Gasteiger partial charge is 0.269 e. The molecule has 0 unspecified atom stereocenters. The second-order valence-corrected chi connectivity index (χ2v) is 6.33. The highest BCUT2D eigenvalue weighted by Crippen LogP contribution is 2.39. The van der Waals surface area contributed by atoms with Gasteiger partial charge < -0.3 is 0 Å². The van der Waals surface area contributed by atoms with Crippen molar-refractivity contribution in [2.24, 2.45) is 0 Å². The Balaban J connectivity index is 2.04. The lowest BCUT2D eigenvalue weighted by molar-refractivity contribution is -0.385. The summed E-state index contributed by atoms with van der Waals surface area (Å²) in [7, 11) is 0. The molecule has 1 aromatic heterocycles. The van der Waals surface area contributed by atoms with Crippen LogP contribution in [0.5, 0.6) is 0 Å². The van der Waals surface area contributed by atoms with Crippen molar-refractivity contribution in [3.63, 3.8) is 0 Å². The van der Waals surface area contributed by atoms with E-state index in [1.54, 1.807) is 24.3 Å². The smallest absolute Gasteiger partial charge is 0.258 e. The number of non-ortho nitro benzene ring substituents is 2. The Morgan fingerprint density at radius 1 is 0.833 bits per heavy atom. The van der Waals surface area contributed by atoms with E-state index in [1.807, 2.05) is 0 Å². The van der Waals surface area contributed by atoms with Gasteiger partial charge >= 0.3 is 0 Å². The minimum atomic E-state index is -0.477. The van der Waals surface area contributed by atoms with E-state index in [4.69, 9.17) is 11.6 Å². The minimum Gasteiger partial charge on any atom is -0.258 e. The van der Waals surface area contributed by atoms with E-state index in [9.17, 15) is 20.2 Å². The van der Waals surface area contributed by atoms with Crippen LogP contribution < -0.4 is 0 Å². The van der Waals surface area contributed by atoms with Crippen molar-refractivity contribution in [1.29, 1.82) is 0 Å². The van der Waals surface area contributed by atoms with Crippen molar-refractivity contribution >= 4 is 34.3 Å². The van der Waals surface area contributed by atoms with Crippen LogP contribution in [0.3, 0.4) is 0 Å². The molecule has 0 amide bonds. The first-order chi connectivity index (χ1) is 11.5. The van der Waals surface area contributed by atoms with Crippen LogP contribution in [0.1, 0.15) is 0 Å². The first-order valence-electron chi connectivity index (χ1n) is 6.61. The molecule has 24 heavy (non-hydrogen) atoms. The summed E-state index contributed by atoms with van der Waals surface area (Å²) in [6, 6.07) is 12.0. The lowest BCUT2D eigenvalue weighted by atomic mass is 10.1. The summed E-state index contributed by atoms with van der Waals surface area (Å²) in [4.78, 5) is 25.6. The summed E-state index contributed by atoms with van der Waals surface area (Å²) in [6.07, 6.45) is 0. The van der Waals surface area contributed by atoms with Crippen LogP contribution in [0, 0.1) is 20.2 Å². The second kappa shape index (κ2) is 6.34.